The predicted octanol–water partition coefficient (Wildman–Crippen LogP) is 0.110. The van der Waals surface area contributed by atoms with Crippen LogP contribution in [0, 0.1) is 5.82 Å². The minimum Gasteiger partial charge on any atom is -0.383 e. The summed E-state index contributed by atoms with van der Waals surface area (Å²) in [6, 6.07) is 0.977. The number of rotatable bonds is 2. The highest BCUT2D eigenvalue weighted by Crippen LogP contribution is 2.23. The number of nitrogens with one attached hydrogen (secondary N) is 1. The maximum absolute atomic E-state index is 13.0. The molecule has 1 aromatic rings. The molecule has 0 radical (unpaired) electrons. The molecule has 0 saturated carbocycles. The Morgan fingerprint density at radius 1 is 1.58 bits per heavy atom. The van der Waals surface area contributed by atoms with Crippen molar-refractivity contribution in [3.8, 4) is 0 Å². The number of carbonyl (C=O) groups excluding carboxylic acids is 1. The Balaban J connectivity index is 2.20. The van der Waals surface area contributed by atoms with Gasteiger partial charge in [0.1, 0.15) is 11.6 Å². The van der Waals surface area contributed by atoms with Gasteiger partial charge < -0.3 is 11.1 Å². The van der Waals surface area contributed by atoms with Crippen LogP contribution in [0.3, 0.4) is 0 Å². The van der Waals surface area contributed by atoms with E-state index in [1.165, 1.54) is 0 Å². The lowest BCUT2D eigenvalue weighted by Crippen LogP contribution is -2.47. The van der Waals surface area contributed by atoms with Crippen molar-refractivity contribution in [3.05, 3.63) is 23.6 Å². The summed E-state index contributed by atoms with van der Waals surface area (Å²) in [5.74, 6) is -1.49. The fraction of sp³-hybridized carbons (Fsp3) is 0.455. The van der Waals surface area contributed by atoms with Crippen LogP contribution in [-0.2, 0) is 9.84 Å². The Labute approximate surface area is 110 Å². The predicted molar refractivity (Wildman–Crippen MR) is 67.7 cm³/mol. The molecule has 104 valence electrons. The summed E-state index contributed by atoms with van der Waals surface area (Å²) in [7, 11) is -3.14. The summed E-state index contributed by atoms with van der Waals surface area (Å²) in [6.45, 7) is 1.64. The van der Waals surface area contributed by atoms with Gasteiger partial charge in [0.25, 0.3) is 5.91 Å². The van der Waals surface area contributed by atoms with Crippen molar-refractivity contribution >= 4 is 21.6 Å². The van der Waals surface area contributed by atoms with Crippen molar-refractivity contribution < 1.29 is 17.6 Å². The van der Waals surface area contributed by atoms with Crippen molar-refractivity contribution in [2.75, 3.05) is 17.2 Å². The Bertz CT molecular complexity index is 632. The Morgan fingerprint density at radius 2 is 2.26 bits per heavy atom. The first-order valence-electron chi connectivity index (χ1n) is 5.65. The topological polar surface area (TPSA) is 102 Å². The van der Waals surface area contributed by atoms with E-state index in [4.69, 9.17) is 5.73 Å². The lowest BCUT2D eigenvalue weighted by molar-refractivity contribution is 0.0915. The van der Waals surface area contributed by atoms with Crippen molar-refractivity contribution in [1.82, 2.24) is 10.3 Å². The van der Waals surface area contributed by atoms with Crippen LogP contribution < -0.4 is 11.1 Å². The first-order chi connectivity index (χ1) is 8.71. The normalized spacial score (nSPS) is 25.2. The van der Waals surface area contributed by atoms with Gasteiger partial charge >= 0.3 is 0 Å². The summed E-state index contributed by atoms with van der Waals surface area (Å²) < 4.78 is 35.9. The molecule has 1 saturated heterocycles. The number of halogens is 1. The molecule has 1 unspecified atom stereocenters. The molecule has 2 rings (SSSR count). The number of pyridine rings is 1. The molecule has 0 aromatic carbocycles. The third-order valence-corrected chi connectivity index (χ3v) is 4.95. The second-order valence-electron chi connectivity index (χ2n) is 4.94. The van der Waals surface area contributed by atoms with Gasteiger partial charge in [-0.05, 0) is 19.4 Å². The second-order valence-corrected chi connectivity index (χ2v) is 7.13. The van der Waals surface area contributed by atoms with Gasteiger partial charge in [-0.15, -0.1) is 0 Å². The minimum absolute atomic E-state index is 0.0284. The number of aromatic nitrogens is 1. The second kappa shape index (κ2) is 4.44. The van der Waals surface area contributed by atoms with Crippen molar-refractivity contribution in [3.63, 3.8) is 0 Å². The molecule has 1 amide bonds. The first-order valence-corrected chi connectivity index (χ1v) is 7.47. The van der Waals surface area contributed by atoms with Gasteiger partial charge in [-0.3, -0.25) is 4.79 Å². The smallest absolute Gasteiger partial charge is 0.255 e. The van der Waals surface area contributed by atoms with Crippen molar-refractivity contribution in [2.45, 2.75) is 18.9 Å². The number of carbonyl (C=O) groups is 1. The average Bonchev–Trinajstić information content (AvgIpc) is 2.56. The molecular formula is C11H14FN3O3S. The summed E-state index contributed by atoms with van der Waals surface area (Å²) in [5.41, 5.74) is 4.56. The highest BCUT2D eigenvalue weighted by molar-refractivity contribution is 7.91. The molecule has 2 heterocycles. The summed E-state index contributed by atoms with van der Waals surface area (Å²) in [5, 5.41) is 2.59. The average molecular weight is 287 g/mol. The zero-order chi connectivity index (χ0) is 14.3. The van der Waals surface area contributed by atoms with Crippen LogP contribution in [0.15, 0.2) is 12.3 Å². The molecule has 6 nitrogen and oxygen atoms in total. The van der Waals surface area contributed by atoms with Crippen molar-refractivity contribution in [2.24, 2.45) is 0 Å². The molecule has 8 heteroatoms. The number of nitrogens with two attached hydrogens (primary N) is 1. The van der Waals surface area contributed by atoms with Crippen LogP contribution in [0.4, 0.5) is 10.2 Å². The van der Waals surface area contributed by atoms with E-state index in [-0.39, 0.29) is 22.9 Å². The fourth-order valence-electron chi connectivity index (χ4n) is 2.08. The van der Waals surface area contributed by atoms with Gasteiger partial charge in [0, 0.05) is 0 Å². The summed E-state index contributed by atoms with van der Waals surface area (Å²) in [4.78, 5) is 15.5. The van der Waals surface area contributed by atoms with Crippen LogP contribution in [-0.4, -0.2) is 36.4 Å². The highest BCUT2D eigenvalue weighted by atomic mass is 32.2. The molecule has 3 N–H and O–H groups in total. The molecular weight excluding hydrogens is 273 g/mol. The number of hydrogen-bond acceptors (Lipinski definition) is 5. The van der Waals surface area contributed by atoms with E-state index in [0.29, 0.717) is 6.42 Å². The molecule has 19 heavy (non-hydrogen) atoms. The number of nitrogens with zero attached hydrogens (tertiary/aromatic N) is 1. The zero-order valence-corrected chi connectivity index (χ0v) is 11.1. The maximum atomic E-state index is 13.0. The number of hydrogen-bond donors (Lipinski definition) is 2. The SMILES string of the molecule is CC1(NC(=O)c2cc(F)cnc2N)CCS(=O)(=O)C1. The molecule has 0 spiro atoms. The highest BCUT2D eigenvalue weighted by Gasteiger charge is 2.39. The maximum Gasteiger partial charge on any atom is 0.255 e. The van der Waals surface area contributed by atoms with Gasteiger partial charge in [-0.1, -0.05) is 0 Å². The first kappa shape index (κ1) is 13.7. The largest absolute Gasteiger partial charge is 0.383 e. The molecule has 0 bridgehead atoms. The van der Waals surface area contributed by atoms with Crippen LogP contribution in [0.1, 0.15) is 23.7 Å². The van der Waals surface area contributed by atoms with Gasteiger partial charge in [0.05, 0.1) is 28.8 Å². The van der Waals surface area contributed by atoms with E-state index in [0.717, 1.165) is 12.3 Å². The van der Waals surface area contributed by atoms with Crippen LogP contribution in [0.25, 0.3) is 0 Å². The lowest BCUT2D eigenvalue weighted by atomic mass is 10.0. The summed E-state index contributed by atoms with van der Waals surface area (Å²) in [6.07, 6.45) is 1.23. The third-order valence-electron chi connectivity index (χ3n) is 3.05. The van der Waals surface area contributed by atoms with Crippen LogP contribution in [0.5, 0.6) is 0 Å². The van der Waals surface area contributed by atoms with E-state index in [9.17, 15) is 17.6 Å². The Kier molecular flexibility index (Phi) is 3.21. The van der Waals surface area contributed by atoms with E-state index < -0.39 is 27.1 Å². The van der Waals surface area contributed by atoms with E-state index >= 15 is 0 Å². The van der Waals surface area contributed by atoms with Gasteiger partial charge in [0.2, 0.25) is 0 Å². The van der Waals surface area contributed by atoms with E-state index in [1.54, 1.807) is 6.92 Å². The van der Waals surface area contributed by atoms with Crippen LogP contribution in [0.2, 0.25) is 0 Å². The monoisotopic (exact) mass is 287 g/mol. The molecule has 0 aliphatic carbocycles. The Morgan fingerprint density at radius 3 is 2.84 bits per heavy atom. The zero-order valence-electron chi connectivity index (χ0n) is 10.3. The molecule has 1 aliphatic heterocycles. The van der Waals surface area contributed by atoms with Crippen molar-refractivity contribution in [1.29, 1.82) is 0 Å². The van der Waals surface area contributed by atoms with E-state index in [2.05, 4.69) is 10.3 Å². The summed E-state index contributed by atoms with van der Waals surface area (Å²) >= 11 is 0. The van der Waals surface area contributed by atoms with Gasteiger partial charge in [-0.25, -0.2) is 17.8 Å². The van der Waals surface area contributed by atoms with E-state index in [1.807, 2.05) is 0 Å². The number of nitrogen functional groups attached to an aromatic ring is 1. The van der Waals surface area contributed by atoms with Gasteiger partial charge in [0.15, 0.2) is 9.84 Å². The molecule has 1 fully saturated rings. The van der Waals surface area contributed by atoms with Crippen LogP contribution >= 0.6 is 0 Å². The quantitative estimate of drug-likeness (QED) is 0.803. The molecule has 1 aromatic heterocycles. The lowest BCUT2D eigenvalue weighted by Gasteiger charge is -2.24. The minimum atomic E-state index is -3.14. The molecule has 1 aliphatic rings. The fourth-order valence-corrected chi connectivity index (χ4v) is 4.18. The third kappa shape index (κ3) is 3.01. The number of sulfone groups is 1. The number of anilines is 1. The molecule has 1 atom stereocenters. The standard InChI is InChI=1S/C11H14FN3O3S/c1-11(2-3-19(17,18)6-11)15-10(16)8-4-7(12)5-14-9(8)13/h4-5H,2-3,6H2,1H3,(H2,13,14)(H,15,16). The van der Waals surface area contributed by atoms with Gasteiger partial charge in [-0.2, -0.15) is 0 Å². The Hall–Kier alpha value is -1.70. The number of amides is 1.